The number of ether oxygens (including phenoxy) is 1. The van der Waals surface area contributed by atoms with Crippen LogP contribution in [0.25, 0.3) is 0 Å². The first-order chi connectivity index (χ1) is 14.6. The van der Waals surface area contributed by atoms with Crippen molar-refractivity contribution in [2.45, 2.75) is 51.4 Å². The van der Waals surface area contributed by atoms with Crippen molar-refractivity contribution in [2.24, 2.45) is 5.92 Å². The standard InChI is InChI=1S/C19H31N7O4/c1-2-3-4-5-15(12-26(29)13-27)17(28)23-24-18-20-16(14-6-7-14)21-19(22-18)25-8-10-30-11-9-25/h13-15,29H,2-12H2,1H3,(H,23,28)(H,20,21,22,24)/t15-/m0/s1. The number of anilines is 2. The number of nitrogens with zero attached hydrogens (tertiary/aromatic N) is 5. The van der Waals surface area contributed by atoms with E-state index < -0.39 is 5.92 Å². The third-order valence-electron chi connectivity index (χ3n) is 5.23. The lowest BCUT2D eigenvalue weighted by Crippen LogP contribution is -2.41. The molecule has 1 atom stereocenters. The molecule has 0 aromatic carbocycles. The molecule has 11 nitrogen and oxygen atoms in total. The van der Waals surface area contributed by atoms with Crippen molar-refractivity contribution in [1.82, 2.24) is 25.4 Å². The molecule has 1 saturated heterocycles. The largest absolute Gasteiger partial charge is 0.378 e. The van der Waals surface area contributed by atoms with Gasteiger partial charge < -0.3 is 9.64 Å². The quantitative estimate of drug-likeness (QED) is 0.196. The molecule has 1 aliphatic carbocycles. The number of morpholine rings is 1. The van der Waals surface area contributed by atoms with E-state index >= 15 is 0 Å². The van der Waals surface area contributed by atoms with Gasteiger partial charge in [0.25, 0.3) is 0 Å². The van der Waals surface area contributed by atoms with Crippen molar-refractivity contribution in [3.8, 4) is 0 Å². The number of carbonyl (C=O) groups excluding carboxylic acids is 2. The lowest BCUT2D eigenvalue weighted by molar-refractivity contribution is -0.154. The van der Waals surface area contributed by atoms with Gasteiger partial charge in [-0.25, -0.2) is 5.06 Å². The summed E-state index contributed by atoms with van der Waals surface area (Å²) < 4.78 is 5.39. The summed E-state index contributed by atoms with van der Waals surface area (Å²) in [4.78, 5) is 39.0. The summed E-state index contributed by atoms with van der Waals surface area (Å²) in [6.07, 6.45) is 5.80. The molecule has 0 spiro atoms. The van der Waals surface area contributed by atoms with Crippen LogP contribution >= 0.6 is 0 Å². The summed E-state index contributed by atoms with van der Waals surface area (Å²) in [5.74, 6) is 1.06. The number of hydroxylamine groups is 2. The average molecular weight is 422 g/mol. The Labute approximate surface area is 176 Å². The summed E-state index contributed by atoms with van der Waals surface area (Å²) in [6.45, 7) is 4.67. The number of carbonyl (C=O) groups is 2. The number of rotatable bonds is 12. The average Bonchev–Trinajstić information content (AvgIpc) is 3.62. The van der Waals surface area contributed by atoms with Crippen LogP contribution in [0.15, 0.2) is 0 Å². The molecule has 30 heavy (non-hydrogen) atoms. The van der Waals surface area contributed by atoms with Gasteiger partial charge in [-0.15, -0.1) is 0 Å². The molecule has 1 aromatic heterocycles. The van der Waals surface area contributed by atoms with Crippen molar-refractivity contribution < 1.29 is 19.5 Å². The van der Waals surface area contributed by atoms with Crippen LogP contribution in [0.5, 0.6) is 0 Å². The highest BCUT2D eigenvalue weighted by Crippen LogP contribution is 2.38. The number of nitrogens with one attached hydrogen (secondary N) is 2. The summed E-state index contributed by atoms with van der Waals surface area (Å²) in [5, 5.41) is 10.0. The Morgan fingerprint density at radius 2 is 2.07 bits per heavy atom. The molecule has 3 rings (SSSR count). The number of amides is 2. The third kappa shape index (κ3) is 6.49. The first kappa shape index (κ1) is 22.2. The minimum Gasteiger partial charge on any atom is -0.378 e. The summed E-state index contributed by atoms with van der Waals surface area (Å²) in [7, 11) is 0. The van der Waals surface area contributed by atoms with Gasteiger partial charge in [-0.1, -0.05) is 26.2 Å². The predicted octanol–water partition coefficient (Wildman–Crippen LogP) is 1.07. The zero-order valence-electron chi connectivity index (χ0n) is 17.4. The minimum atomic E-state index is -0.539. The third-order valence-corrected chi connectivity index (χ3v) is 5.23. The highest BCUT2D eigenvalue weighted by Gasteiger charge is 2.29. The van der Waals surface area contributed by atoms with Gasteiger partial charge in [0.05, 0.1) is 25.7 Å². The van der Waals surface area contributed by atoms with Crippen molar-refractivity contribution in [3.63, 3.8) is 0 Å². The fourth-order valence-corrected chi connectivity index (χ4v) is 3.30. The molecule has 1 aromatic rings. The summed E-state index contributed by atoms with van der Waals surface area (Å²) >= 11 is 0. The van der Waals surface area contributed by atoms with Gasteiger partial charge in [-0.2, -0.15) is 15.0 Å². The van der Waals surface area contributed by atoms with E-state index in [2.05, 4.69) is 32.7 Å². The fourth-order valence-electron chi connectivity index (χ4n) is 3.30. The molecule has 166 valence electrons. The number of hydrogen-bond acceptors (Lipinski definition) is 9. The molecular weight excluding hydrogens is 390 g/mol. The van der Waals surface area contributed by atoms with E-state index in [1.807, 2.05) is 4.90 Å². The molecule has 2 fully saturated rings. The maximum absolute atomic E-state index is 12.7. The molecule has 2 heterocycles. The Balaban J connectivity index is 1.65. The molecule has 1 aliphatic heterocycles. The number of hydrogen-bond donors (Lipinski definition) is 3. The van der Waals surface area contributed by atoms with Gasteiger partial charge in [0.15, 0.2) is 0 Å². The van der Waals surface area contributed by atoms with Crippen LogP contribution in [0, 0.1) is 5.92 Å². The van der Waals surface area contributed by atoms with Crippen molar-refractivity contribution >= 4 is 24.2 Å². The maximum atomic E-state index is 12.7. The second-order valence-corrected chi connectivity index (χ2v) is 7.73. The normalized spacial score (nSPS) is 17.3. The summed E-state index contributed by atoms with van der Waals surface area (Å²) in [6, 6.07) is 0. The molecule has 0 unspecified atom stereocenters. The molecule has 11 heteroatoms. The van der Waals surface area contributed by atoms with Crippen LogP contribution in [-0.2, 0) is 14.3 Å². The lowest BCUT2D eigenvalue weighted by Gasteiger charge is -2.27. The van der Waals surface area contributed by atoms with Gasteiger partial charge >= 0.3 is 0 Å². The lowest BCUT2D eigenvalue weighted by atomic mass is 10.0. The number of aromatic nitrogens is 3. The van der Waals surface area contributed by atoms with E-state index in [-0.39, 0.29) is 18.4 Å². The maximum Gasteiger partial charge on any atom is 0.246 e. The van der Waals surface area contributed by atoms with E-state index in [1.165, 1.54) is 0 Å². The van der Waals surface area contributed by atoms with Gasteiger partial charge in [-0.3, -0.25) is 25.6 Å². The van der Waals surface area contributed by atoms with Crippen LogP contribution in [-0.4, -0.2) is 70.4 Å². The van der Waals surface area contributed by atoms with E-state index in [0.29, 0.717) is 56.1 Å². The van der Waals surface area contributed by atoms with Crippen LogP contribution in [0.3, 0.4) is 0 Å². The van der Waals surface area contributed by atoms with Gasteiger partial charge in [0.2, 0.25) is 24.2 Å². The van der Waals surface area contributed by atoms with Crippen molar-refractivity contribution in [1.29, 1.82) is 0 Å². The molecular formula is C19H31N7O4. The Hall–Kier alpha value is -2.53. The second-order valence-electron chi connectivity index (χ2n) is 7.73. The van der Waals surface area contributed by atoms with E-state index in [4.69, 9.17) is 4.74 Å². The molecule has 0 bridgehead atoms. The van der Waals surface area contributed by atoms with Crippen molar-refractivity contribution in [3.05, 3.63) is 5.82 Å². The molecule has 2 aliphatic rings. The summed E-state index contributed by atoms with van der Waals surface area (Å²) in [5.41, 5.74) is 5.43. The van der Waals surface area contributed by atoms with Crippen LogP contribution in [0.1, 0.15) is 57.2 Å². The van der Waals surface area contributed by atoms with E-state index in [1.54, 1.807) is 0 Å². The first-order valence-electron chi connectivity index (χ1n) is 10.7. The Bertz CT molecular complexity index is 710. The molecule has 3 N–H and O–H groups in total. The van der Waals surface area contributed by atoms with Gasteiger partial charge in [-0.05, 0) is 19.3 Å². The van der Waals surface area contributed by atoms with Gasteiger partial charge in [0, 0.05) is 19.0 Å². The zero-order valence-corrected chi connectivity index (χ0v) is 17.4. The predicted molar refractivity (Wildman–Crippen MR) is 109 cm³/mol. The van der Waals surface area contributed by atoms with E-state index in [0.717, 1.165) is 37.9 Å². The Morgan fingerprint density at radius 3 is 2.73 bits per heavy atom. The molecule has 2 amide bonds. The smallest absolute Gasteiger partial charge is 0.246 e. The second kappa shape index (κ2) is 11.0. The van der Waals surface area contributed by atoms with Crippen molar-refractivity contribution in [2.75, 3.05) is 43.2 Å². The minimum absolute atomic E-state index is 0.0652. The van der Waals surface area contributed by atoms with E-state index in [9.17, 15) is 14.8 Å². The molecule has 0 radical (unpaired) electrons. The molecule has 1 saturated carbocycles. The highest BCUT2D eigenvalue weighted by atomic mass is 16.5. The topological polar surface area (TPSA) is 133 Å². The zero-order chi connectivity index (χ0) is 21.3. The monoisotopic (exact) mass is 421 g/mol. The van der Waals surface area contributed by atoms with Gasteiger partial charge in [0.1, 0.15) is 5.82 Å². The number of hydrazine groups is 1. The fraction of sp³-hybridized carbons (Fsp3) is 0.737. The van der Waals surface area contributed by atoms with Crippen LogP contribution < -0.4 is 15.8 Å². The Morgan fingerprint density at radius 1 is 1.30 bits per heavy atom. The SMILES string of the molecule is CCCCC[C@@H](CN(O)C=O)C(=O)NNc1nc(C2CC2)nc(N2CCOCC2)n1. The Kier molecular flexibility index (Phi) is 8.14. The number of unbranched alkanes of at least 4 members (excludes halogenated alkanes) is 2. The highest BCUT2D eigenvalue weighted by molar-refractivity contribution is 5.80. The first-order valence-corrected chi connectivity index (χ1v) is 10.7. The van der Waals surface area contributed by atoms with Crippen LogP contribution in [0.2, 0.25) is 0 Å². The van der Waals surface area contributed by atoms with Crippen LogP contribution in [0.4, 0.5) is 11.9 Å².